The van der Waals surface area contributed by atoms with E-state index in [0.29, 0.717) is 0 Å². The zero-order chi connectivity index (χ0) is 13.6. The van der Waals surface area contributed by atoms with Crippen LogP contribution >= 0.6 is 0 Å². The van der Waals surface area contributed by atoms with Gasteiger partial charge in [0, 0.05) is 6.42 Å². The van der Waals surface area contributed by atoms with Crippen LogP contribution in [0.5, 0.6) is 0 Å². The fourth-order valence-corrected chi connectivity index (χ4v) is 1.60. The highest BCUT2D eigenvalue weighted by Crippen LogP contribution is 2.60. The third kappa shape index (κ3) is 1.96. The number of carboxylic acid groups (broad SMARTS) is 1. The molecule has 1 atom stereocenters. The zero-order valence-corrected chi connectivity index (χ0v) is 9.50. The quantitative estimate of drug-likeness (QED) is 0.861. The number of carboxylic acids is 1. The van der Waals surface area contributed by atoms with Gasteiger partial charge in [-0.1, -0.05) is 0 Å². The second-order valence-corrected chi connectivity index (χ2v) is 4.47. The molecule has 0 aliphatic heterocycles. The Bertz CT molecular complexity index is 511. The first kappa shape index (κ1) is 12.5. The molecule has 0 radical (unpaired) electrons. The van der Waals surface area contributed by atoms with E-state index in [1.165, 1.54) is 19.1 Å². The van der Waals surface area contributed by atoms with Gasteiger partial charge in [-0.3, -0.25) is 4.79 Å². The molecule has 1 amide bonds. The summed E-state index contributed by atoms with van der Waals surface area (Å²) in [5, 5.41) is 10.9. The smallest absolute Gasteiger partial charge is 0.371 e. The molecule has 1 unspecified atom stereocenters. The van der Waals surface area contributed by atoms with E-state index >= 15 is 0 Å². The van der Waals surface area contributed by atoms with Crippen molar-refractivity contribution in [1.29, 1.82) is 0 Å². The highest BCUT2D eigenvalue weighted by atomic mass is 19.3. The Morgan fingerprint density at radius 2 is 2.11 bits per heavy atom. The van der Waals surface area contributed by atoms with Crippen LogP contribution in [0.1, 0.15) is 29.7 Å². The number of nitrogens with one attached hydrogen (secondary N) is 1. The number of carbonyl (C=O) groups excluding carboxylic acids is 1. The summed E-state index contributed by atoms with van der Waals surface area (Å²) in [6.07, 6.45) is -0.468. The highest BCUT2D eigenvalue weighted by Gasteiger charge is 2.72. The summed E-state index contributed by atoms with van der Waals surface area (Å²) >= 11 is 0. The van der Waals surface area contributed by atoms with Crippen LogP contribution in [0.4, 0.5) is 8.78 Å². The molecule has 1 fully saturated rings. The van der Waals surface area contributed by atoms with Crippen LogP contribution in [0.25, 0.3) is 0 Å². The van der Waals surface area contributed by atoms with E-state index in [-0.39, 0.29) is 18.1 Å². The number of hydrogen-bond donors (Lipinski definition) is 2. The fraction of sp³-hybridized carbons (Fsp3) is 0.455. The molecule has 0 aromatic carbocycles. The Labute approximate surface area is 101 Å². The molecule has 1 aromatic heterocycles. The van der Waals surface area contributed by atoms with Gasteiger partial charge in [-0.05, 0) is 19.1 Å². The number of hydrogen-bond acceptors (Lipinski definition) is 3. The van der Waals surface area contributed by atoms with Crippen molar-refractivity contribution in [2.75, 3.05) is 0 Å². The van der Waals surface area contributed by atoms with Crippen LogP contribution in [0.2, 0.25) is 0 Å². The largest absolute Gasteiger partial charge is 0.475 e. The first-order chi connectivity index (χ1) is 8.26. The Morgan fingerprint density at radius 3 is 2.56 bits per heavy atom. The number of rotatable bonds is 4. The lowest BCUT2D eigenvalue weighted by molar-refractivity contribution is -0.129. The van der Waals surface area contributed by atoms with E-state index in [0.717, 1.165) is 0 Å². The van der Waals surface area contributed by atoms with Crippen molar-refractivity contribution >= 4 is 11.9 Å². The van der Waals surface area contributed by atoms with Crippen LogP contribution < -0.4 is 5.32 Å². The van der Waals surface area contributed by atoms with Crippen LogP contribution in [-0.2, 0) is 11.3 Å². The molecule has 1 aliphatic carbocycles. The first-order valence-electron chi connectivity index (χ1n) is 5.24. The van der Waals surface area contributed by atoms with Gasteiger partial charge in [-0.25, -0.2) is 13.6 Å². The Morgan fingerprint density at radius 1 is 1.50 bits per heavy atom. The number of aromatic carboxylic acids is 1. The average Bonchev–Trinajstić information content (AvgIpc) is 2.68. The minimum Gasteiger partial charge on any atom is -0.475 e. The molecule has 1 aliphatic rings. The van der Waals surface area contributed by atoms with Crippen molar-refractivity contribution in [2.45, 2.75) is 25.8 Å². The molecular weight excluding hydrogens is 248 g/mol. The van der Waals surface area contributed by atoms with Crippen molar-refractivity contribution in [3.8, 4) is 0 Å². The molecular formula is C11H11F2NO4. The lowest BCUT2D eigenvalue weighted by Gasteiger charge is -2.09. The summed E-state index contributed by atoms with van der Waals surface area (Å²) in [4.78, 5) is 22.0. The zero-order valence-electron chi connectivity index (χ0n) is 9.50. The van der Waals surface area contributed by atoms with Gasteiger partial charge in [0.1, 0.15) is 11.2 Å². The van der Waals surface area contributed by atoms with E-state index in [1.807, 2.05) is 0 Å². The summed E-state index contributed by atoms with van der Waals surface area (Å²) in [5.41, 5.74) is -1.66. The SMILES string of the molecule is CC1(C(=O)NCc2ccc(C(=O)O)o2)CC1(F)F. The van der Waals surface area contributed by atoms with Crippen LogP contribution in [-0.4, -0.2) is 22.9 Å². The molecule has 1 heterocycles. The van der Waals surface area contributed by atoms with Crippen LogP contribution in [0, 0.1) is 5.41 Å². The summed E-state index contributed by atoms with van der Waals surface area (Å²) in [6.45, 7) is 1.07. The molecule has 5 nitrogen and oxygen atoms in total. The Balaban J connectivity index is 1.92. The van der Waals surface area contributed by atoms with Gasteiger partial charge in [-0.2, -0.15) is 0 Å². The molecule has 0 bridgehead atoms. The van der Waals surface area contributed by atoms with E-state index in [1.54, 1.807) is 0 Å². The molecule has 1 saturated carbocycles. The molecule has 18 heavy (non-hydrogen) atoms. The van der Waals surface area contributed by atoms with Gasteiger partial charge in [0.2, 0.25) is 11.7 Å². The van der Waals surface area contributed by atoms with Crippen molar-refractivity contribution in [3.63, 3.8) is 0 Å². The van der Waals surface area contributed by atoms with Gasteiger partial charge in [-0.15, -0.1) is 0 Å². The number of carbonyl (C=O) groups is 2. The van der Waals surface area contributed by atoms with Gasteiger partial charge in [0.25, 0.3) is 5.92 Å². The first-order valence-corrected chi connectivity index (χ1v) is 5.24. The molecule has 2 N–H and O–H groups in total. The van der Waals surface area contributed by atoms with Gasteiger partial charge in [0.15, 0.2) is 0 Å². The molecule has 0 saturated heterocycles. The van der Waals surface area contributed by atoms with Gasteiger partial charge < -0.3 is 14.8 Å². The van der Waals surface area contributed by atoms with Crippen LogP contribution in [0.3, 0.4) is 0 Å². The van der Waals surface area contributed by atoms with Gasteiger partial charge >= 0.3 is 5.97 Å². The summed E-state index contributed by atoms with van der Waals surface area (Å²) < 4.78 is 30.7. The molecule has 98 valence electrons. The number of furan rings is 1. The van der Waals surface area contributed by atoms with E-state index in [4.69, 9.17) is 9.52 Å². The summed E-state index contributed by atoms with van der Waals surface area (Å²) in [7, 11) is 0. The maximum absolute atomic E-state index is 12.9. The highest BCUT2D eigenvalue weighted by molar-refractivity contribution is 5.87. The topological polar surface area (TPSA) is 79.5 Å². The molecule has 0 spiro atoms. The van der Waals surface area contributed by atoms with Gasteiger partial charge in [0.05, 0.1) is 6.54 Å². The summed E-state index contributed by atoms with van der Waals surface area (Å²) in [5.74, 6) is -5.02. The third-order valence-corrected chi connectivity index (χ3v) is 3.05. The Hall–Kier alpha value is -1.92. The normalized spacial score (nSPS) is 24.6. The molecule has 7 heteroatoms. The maximum atomic E-state index is 12.9. The summed E-state index contributed by atoms with van der Waals surface area (Å²) in [6, 6.07) is 2.61. The second kappa shape index (κ2) is 3.79. The minimum absolute atomic E-state index is 0.113. The van der Waals surface area contributed by atoms with Crippen molar-refractivity contribution in [3.05, 3.63) is 23.7 Å². The fourth-order valence-electron chi connectivity index (χ4n) is 1.60. The number of alkyl halides is 2. The third-order valence-electron chi connectivity index (χ3n) is 3.05. The minimum atomic E-state index is -2.97. The lowest BCUT2D eigenvalue weighted by atomic mass is 10.1. The predicted molar refractivity (Wildman–Crippen MR) is 55.2 cm³/mol. The van der Waals surface area contributed by atoms with E-state index < -0.39 is 29.6 Å². The number of halogens is 2. The van der Waals surface area contributed by atoms with Crippen LogP contribution in [0.15, 0.2) is 16.5 Å². The van der Waals surface area contributed by atoms with Crippen molar-refractivity contribution in [1.82, 2.24) is 5.32 Å². The van der Waals surface area contributed by atoms with E-state index in [2.05, 4.69) is 5.32 Å². The maximum Gasteiger partial charge on any atom is 0.371 e. The second-order valence-electron chi connectivity index (χ2n) is 4.47. The number of amides is 1. The molecule has 2 rings (SSSR count). The standard InChI is InChI=1S/C11H11F2NO4/c1-10(5-11(10,12)13)9(17)14-4-6-2-3-7(18-6)8(15)16/h2-3H,4-5H2,1H3,(H,14,17)(H,15,16). The molecule has 1 aromatic rings. The van der Waals surface area contributed by atoms with Crippen molar-refractivity contribution < 1.29 is 27.9 Å². The lowest BCUT2D eigenvalue weighted by Crippen LogP contribution is -2.33. The monoisotopic (exact) mass is 259 g/mol. The predicted octanol–water partition coefficient (Wildman–Crippen LogP) is 1.64. The van der Waals surface area contributed by atoms with Crippen molar-refractivity contribution in [2.24, 2.45) is 5.41 Å². The average molecular weight is 259 g/mol. The van der Waals surface area contributed by atoms with E-state index in [9.17, 15) is 18.4 Å². The Kier molecular flexibility index (Phi) is 2.64.